The minimum Gasteiger partial charge on any atom is -0.478 e. The van der Waals surface area contributed by atoms with E-state index in [-0.39, 0.29) is 0 Å². The highest BCUT2D eigenvalue weighted by Crippen LogP contribution is 2.19. The Morgan fingerprint density at radius 1 is 1.36 bits per heavy atom. The molecule has 0 spiro atoms. The lowest BCUT2D eigenvalue weighted by Crippen LogP contribution is -2.10. The van der Waals surface area contributed by atoms with Gasteiger partial charge in [0.15, 0.2) is 0 Å². The van der Waals surface area contributed by atoms with Gasteiger partial charge in [-0.05, 0) is 12.1 Å². The molecule has 7 heteroatoms. The average Bonchev–Trinajstić information content (AvgIpc) is 2.01. The van der Waals surface area contributed by atoms with E-state index in [0.717, 1.165) is 18.2 Å². The molecular weight excluding hydrogens is 215 g/mol. The van der Waals surface area contributed by atoms with E-state index in [4.69, 9.17) is 9.66 Å². The molecule has 0 bridgehead atoms. The molecule has 14 heavy (non-hydrogen) atoms. The summed E-state index contributed by atoms with van der Waals surface area (Å²) in [6.45, 7) is 0. The highest BCUT2D eigenvalue weighted by molar-refractivity contribution is 7.86. The van der Waals surface area contributed by atoms with Crippen LogP contribution in [0.2, 0.25) is 0 Å². The van der Waals surface area contributed by atoms with E-state index in [2.05, 4.69) is 0 Å². The molecule has 0 heterocycles. The number of carbonyl (C=O) groups is 1. The zero-order chi connectivity index (χ0) is 10.9. The van der Waals surface area contributed by atoms with E-state index < -0.39 is 32.4 Å². The van der Waals surface area contributed by atoms with Crippen LogP contribution in [0.15, 0.2) is 23.1 Å². The van der Waals surface area contributed by atoms with Crippen LogP contribution in [0.1, 0.15) is 10.4 Å². The summed E-state index contributed by atoms with van der Waals surface area (Å²) in [6.07, 6.45) is 0. The summed E-state index contributed by atoms with van der Waals surface area (Å²) < 4.78 is 42.7. The zero-order valence-corrected chi connectivity index (χ0v) is 7.45. The fraction of sp³-hybridized carbons (Fsp3) is 0. The maximum absolute atomic E-state index is 12.9. The summed E-state index contributed by atoms with van der Waals surface area (Å²) in [7, 11) is -4.86. The number of hydrogen-bond acceptors (Lipinski definition) is 3. The van der Waals surface area contributed by atoms with Gasteiger partial charge in [0.25, 0.3) is 10.1 Å². The number of aromatic carboxylic acids is 1. The van der Waals surface area contributed by atoms with Gasteiger partial charge in [0.05, 0.1) is 5.56 Å². The van der Waals surface area contributed by atoms with Crippen molar-refractivity contribution >= 4 is 16.1 Å². The predicted molar refractivity (Wildman–Crippen MR) is 43.2 cm³/mol. The standard InChI is InChI=1S/C7H5FO5S/c8-5-3-1-2-4(7(9)10)6(5)14(11,12)13/h1-3H,(H,9,10)(H,11,12,13). The fourth-order valence-electron chi connectivity index (χ4n) is 0.939. The Labute approximate surface area is 78.5 Å². The molecule has 5 nitrogen and oxygen atoms in total. The van der Waals surface area contributed by atoms with E-state index >= 15 is 0 Å². The van der Waals surface area contributed by atoms with Crippen molar-refractivity contribution in [2.75, 3.05) is 0 Å². The van der Waals surface area contributed by atoms with Crippen molar-refractivity contribution in [3.63, 3.8) is 0 Å². The van der Waals surface area contributed by atoms with Gasteiger partial charge in [-0.25, -0.2) is 9.18 Å². The van der Waals surface area contributed by atoms with Crippen LogP contribution in [0.25, 0.3) is 0 Å². The first-order valence-electron chi connectivity index (χ1n) is 3.33. The lowest BCUT2D eigenvalue weighted by Gasteiger charge is -2.02. The fourth-order valence-corrected chi connectivity index (χ4v) is 1.69. The lowest BCUT2D eigenvalue weighted by molar-refractivity contribution is 0.0691. The molecule has 1 rings (SSSR count). The van der Waals surface area contributed by atoms with Gasteiger partial charge in [-0.2, -0.15) is 8.42 Å². The molecule has 0 aliphatic carbocycles. The Kier molecular flexibility index (Phi) is 2.54. The zero-order valence-electron chi connectivity index (χ0n) is 6.64. The second-order valence-electron chi connectivity index (χ2n) is 2.40. The number of rotatable bonds is 2. The van der Waals surface area contributed by atoms with Crippen LogP contribution in [0.3, 0.4) is 0 Å². The summed E-state index contributed by atoms with van der Waals surface area (Å²) in [5.74, 6) is -2.93. The Bertz CT molecular complexity index is 479. The molecule has 0 saturated heterocycles. The first-order valence-corrected chi connectivity index (χ1v) is 4.77. The third-order valence-electron chi connectivity index (χ3n) is 1.46. The van der Waals surface area contributed by atoms with E-state index in [9.17, 15) is 17.6 Å². The van der Waals surface area contributed by atoms with Crippen LogP contribution >= 0.6 is 0 Å². The topological polar surface area (TPSA) is 91.7 Å². The number of hydrogen-bond donors (Lipinski definition) is 2. The van der Waals surface area contributed by atoms with E-state index in [1.54, 1.807) is 0 Å². The summed E-state index contributed by atoms with van der Waals surface area (Å²) >= 11 is 0. The summed E-state index contributed by atoms with van der Waals surface area (Å²) in [4.78, 5) is 9.26. The van der Waals surface area contributed by atoms with Crippen molar-refractivity contribution in [2.24, 2.45) is 0 Å². The molecule has 0 aromatic heterocycles. The van der Waals surface area contributed by atoms with Crippen LogP contribution in [0, 0.1) is 5.82 Å². The second kappa shape index (κ2) is 3.35. The summed E-state index contributed by atoms with van der Waals surface area (Å²) in [5.41, 5.74) is -0.799. The van der Waals surface area contributed by atoms with Crippen molar-refractivity contribution in [2.45, 2.75) is 4.90 Å². The van der Waals surface area contributed by atoms with E-state index in [1.165, 1.54) is 0 Å². The molecule has 76 valence electrons. The van der Waals surface area contributed by atoms with Gasteiger partial charge in [0, 0.05) is 0 Å². The van der Waals surface area contributed by atoms with Crippen LogP contribution in [-0.4, -0.2) is 24.0 Å². The van der Waals surface area contributed by atoms with Crippen molar-refractivity contribution < 1.29 is 27.3 Å². The van der Waals surface area contributed by atoms with Crippen molar-refractivity contribution in [1.29, 1.82) is 0 Å². The number of benzene rings is 1. The highest BCUT2D eigenvalue weighted by Gasteiger charge is 2.24. The van der Waals surface area contributed by atoms with Crippen LogP contribution in [0.5, 0.6) is 0 Å². The molecule has 1 aromatic carbocycles. The van der Waals surface area contributed by atoms with Gasteiger partial charge in [-0.15, -0.1) is 0 Å². The predicted octanol–water partition coefficient (Wildman–Crippen LogP) is 0.771. The van der Waals surface area contributed by atoms with Gasteiger partial charge in [-0.1, -0.05) is 6.07 Å². The third-order valence-corrected chi connectivity index (χ3v) is 2.39. The van der Waals surface area contributed by atoms with Gasteiger partial charge in [-0.3, -0.25) is 4.55 Å². The number of carboxylic acids is 1. The van der Waals surface area contributed by atoms with Gasteiger partial charge < -0.3 is 5.11 Å². The maximum Gasteiger partial charge on any atom is 0.337 e. The summed E-state index contributed by atoms with van der Waals surface area (Å²) in [6, 6.07) is 2.66. The molecule has 0 atom stereocenters. The van der Waals surface area contributed by atoms with Gasteiger partial charge in [0.2, 0.25) is 0 Å². The molecule has 0 fully saturated rings. The van der Waals surface area contributed by atoms with Crippen LogP contribution in [0.4, 0.5) is 4.39 Å². The molecule has 0 aliphatic rings. The van der Waals surface area contributed by atoms with Crippen LogP contribution < -0.4 is 0 Å². The van der Waals surface area contributed by atoms with Crippen molar-refractivity contribution in [1.82, 2.24) is 0 Å². The number of carboxylic acid groups (broad SMARTS) is 1. The largest absolute Gasteiger partial charge is 0.478 e. The molecule has 0 radical (unpaired) electrons. The Balaban J connectivity index is 3.62. The monoisotopic (exact) mass is 220 g/mol. The van der Waals surface area contributed by atoms with Crippen molar-refractivity contribution in [3.05, 3.63) is 29.6 Å². The SMILES string of the molecule is O=C(O)c1cccc(F)c1S(=O)(=O)O. The normalized spacial score (nSPS) is 11.3. The quantitative estimate of drug-likeness (QED) is 0.718. The minimum absolute atomic E-state index is 0.746. The first-order chi connectivity index (χ1) is 6.34. The van der Waals surface area contributed by atoms with Gasteiger partial charge >= 0.3 is 5.97 Å². The number of halogens is 1. The molecule has 0 unspecified atom stereocenters. The highest BCUT2D eigenvalue weighted by atomic mass is 32.2. The molecule has 1 aromatic rings. The molecule has 0 amide bonds. The minimum atomic E-state index is -4.86. The maximum atomic E-state index is 12.9. The summed E-state index contributed by atoms with van der Waals surface area (Å²) in [5, 5.41) is 8.51. The molecular formula is C7H5FO5S. The van der Waals surface area contributed by atoms with E-state index in [0.29, 0.717) is 0 Å². The van der Waals surface area contributed by atoms with Gasteiger partial charge in [0.1, 0.15) is 10.7 Å². The molecule has 2 N–H and O–H groups in total. The van der Waals surface area contributed by atoms with Crippen LogP contribution in [-0.2, 0) is 10.1 Å². The van der Waals surface area contributed by atoms with E-state index in [1.807, 2.05) is 0 Å². The van der Waals surface area contributed by atoms with Crippen molar-refractivity contribution in [3.8, 4) is 0 Å². The lowest BCUT2D eigenvalue weighted by atomic mass is 10.2. The first kappa shape index (κ1) is 10.6. The average molecular weight is 220 g/mol. The smallest absolute Gasteiger partial charge is 0.337 e. The third kappa shape index (κ3) is 1.88. The molecule has 0 saturated carbocycles. The Hall–Kier alpha value is -1.47. The Morgan fingerprint density at radius 3 is 2.29 bits per heavy atom. The Morgan fingerprint density at radius 2 is 1.93 bits per heavy atom. The molecule has 0 aliphatic heterocycles. The second-order valence-corrected chi connectivity index (χ2v) is 3.76.